The second kappa shape index (κ2) is 4.65. The first-order valence-corrected chi connectivity index (χ1v) is 6.55. The van der Waals surface area contributed by atoms with E-state index in [9.17, 15) is 4.79 Å². The smallest absolute Gasteiger partial charge is 0.224 e. The average molecular weight is 246 g/mol. The predicted octanol–water partition coefficient (Wildman–Crippen LogP) is 0.482. The fraction of sp³-hybridized carbons (Fsp3) is 0.615. The number of amides is 1. The zero-order chi connectivity index (χ0) is 12.4. The van der Waals surface area contributed by atoms with Crippen molar-refractivity contribution < 1.29 is 4.79 Å². The van der Waals surface area contributed by atoms with Crippen molar-refractivity contribution in [1.29, 1.82) is 0 Å². The van der Waals surface area contributed by atoms with Crippen molar-refractivity contribution in [1.82, 2.24) is 20.8 Å². The van der Waals surface area contributed by atoms with Crippen molar-refractivity contribution in [3.8, 4) is 0 Å². The lowest BCUT2D eigenvalue weighted by atomic mass is 9.92. The van der Waals surface area contributed by atoms with E-state index in [-0.39, 0.29) is 11.8 Å². The van der Waals surface area contributed by atoms with Gasteiger partial charge in [0.2, 0.25) is 5.91 Å². The van der Waals surface area contributed by atoms with Crippen molar-refractivity contribution in [3.05, 3.63) is 24.0 Å². The summed E-state index contributed by atoms with van der Waals surface area (Å²) in [5.74, 6) is 0.402. The number of piperidine rings is 1. The first kappa shape index (κ1) is 11.6. The molecule has 2 N–H and O–H groups in total. The average Bonchev–Trinajstić information content (AvgIpc) is 3.12. The van der Waals surface area contributed by atoms with E-state index in [1.807, 2.05) is 12.1 Å². The lowest BCUT2D eigenvalue weighted by molar-refractivity contribution is -0.123. The maximum atomic E-state index is 12.1. The van der Waals surface area contributed by atoms with Gasteiger partial charge in [-0.1, -0.05) is 0 Å². The molecule has 2 heterocycles. The zero-order valence-corrected chi connectivity index (χ0v) is 10.4. The third kappa shape index (κ3) is 2.22. The van der Waals surface area contributed by atoms with E-state index in [0.29, 0.717) is 12.0 Å². The molecule has 5 nitrogen and oxygen atoms in total. The van der Waals surface area contributed by atoms with E-state index in [2.05, 4.69) is 20.8 Å². The predicted molar refractivity (Wildman–Crippen MR) is 66.5 cm³/mol. The van der Waals surface area contributed by atoms with Gasteiger partial charge >= 0.3 is 0 Å². The molecule has 2 aliphatic rings. The first-order valence-electron chi connectivity index (χ1n) is 6.55. The highest BCUT2D eigenvalue weighted by molar-refractivity contribution is 5.82. The van der Waals surface area contributed by atoms with Gasteiger partial charge < -0.3 is 10.6 Å². The molecule has 1 aliphatic heterocycles. The van der Waals surface area contributed by atoms with Gasteiger partial charge in [-0.05, 0) is 49.9 Å². The Balaban J connectivity index is 1.51. The van der Waals surface area contributed by atoms with Crippen molar-refractivity contribution in [3.63, 3.8) is 0 Å². The number of hydrogen-bond acceptors (Lipinski definition) is 4. The molecule has 1 amide bonds. The normalized spacial score (nSPS) is 24.8. The number of rotatable bonds is 3. The number of hydrogen-bond donors (Lipinski definition) is 2. The lowest BCUT2D eigenvalue weighted by Crippen LogP contribution is -2.33. The summed E-state index contributed by atoms with van der Waals surface area (Å²) in [5, 5.41) is 14.1. The number of nitrogens with zero attached hydrogens (tertiary/aromatic N) is 2. The third-order valence-electron chi connectivity index (χ3n) is 4.18. The van der Waals surface area contributed by atoms with Gasteiger partial charge in [0.1, 0.15) is 0 Å². The van der Waals surface area contributed by atoms with E-state index >= 15 is 0 Å². The number of carbonyl (C=O) groups excluding carboxylic acids is 1. The van der Waals surface area contributed by atoms with Crippen LogP contribution in [-0.4, -0.2) is 29.2 Å². The van der Waals surface area contributed by atoms with Crippen LogP contribution in [0.3, 0.4) is 0 Å². The van der Waals surface area contributed by atoms with E-state index in [0.717, 1.165) is 38.0 Å². The summed E-state index contributed by atoms with van der Waals surface area (Å²) in [6.45, 7) is 2.58. The van der Waals surface area contributed by atoms with Crippen molar-refractivity contribution in [2.24, 2.45) is 11.3 Å². The van der Waals surface area contributed by atoms with Crippen LogP contribution < -0.4 is 10.6 Å². The summed E-state index contributed by atoms with van der Waals surface area (Å²) in [7, 11) is 0. The molecule has 96 valence electrons. The standard InChI is InChI=1S/C13H18N4O/c18-12(15-9-10-2-1-5-16-17-10)11-8-13(11)3-6-14-7-4-13/h1-2,5,11,14H,3-4,6-9H2,(H,15,18). The monoisotopic (exact) mass is 246 g/mol. The highest BCUT2D eigenvalue weighted by Crippen LogP contribution is 2.58. The third-order valence-corrected chi connectivity index (χ3v) is 4.18. The fourth-order valence-electron chi connectivity index (χ4n) is 2.92. The van der Waals surface area contributed by atoms with Gasteiger partial charge in [0, 0.05) is 12.1 Å². The molecule has 1 aromatic heterocycles. The van der Waals surface area contributed by atoms with E-state index in [1.165, 1.54) is 0 Å². The molecule has 3 rings (SSSR count). The van der Waals surface area contributed by atoms with Crippen LogP contribution in [0.25, 0.3) is 0 Å². The van der Waals surface area contributed by atoms with Crippen LogP contribution >= 0.6 is 0 Å². The highest BCUT2D eigenvalue weighted by atomic mass is 16.2. The van der Waals surface area contributed by atoms with Crippen LogP contribution in [0.15, 0.2) is 18.3 Å². The van der Waals surface area contributed by atoms with Gasteiger partial charge in [-0.15, -0.1) is 0 Å². The molecular weight excluding hydrogens is 228 g/mol. The summed E-state index contributed by atoms with van der Waals surface area (Å²) in [6, 6.07) is 3.71. The summed E-state index contributed by atoms with van der Waals surface area (Å²) >= 11 is 0. The van der Waals surface area contributed by atoms with E-state index in [4.69, 9.17) is 0 Å². The largest absolute Gasteiger partial charge is 0.350 e. The molecule has 1 atom stereocenters. The Morgan fingerprint density at radius 1 is 1.50 bits per heavy atom. The van der Waals surface area contributed by atoms with Gasteiger partial charge in [0.05, 0.1) is 12.2 Å². The van der Waals surface area contributed by atoms with Crippen molar-refractivity contribution >= 4 is 5.91 Å². The molecule has 1 aromatic rings. The Kier molecular flexibility index (Phi) is 2.99. The maximum absolute atomic E-state index is 12.1. The molecule has 1 saturated carbocycles. The Morgan fingerprint density at radius 2 is 2.33 bits per heavy atom. The topological polar surface area (TPSA) is 66.9 Å². The minimum atomic E-state index is 0.183. The summed E-state index contributed by atoms with van der Waals surface area (Å²) < 4.78 is 0. The van der Waals surface area contributed by atoms with Crippen LogP contribution in [0, 0.1) is 11.3 Å². The summed E-state index contributed by atoms with van der Waals surface area (Å²) in [4.78, 5) is 12.1. The molecule has 1 aliphatic carbocycles. The molecule has 0 bridgehead atoms. The van der Waals surface area contributed by atoms with E-state index in [1.54, 1.807) is 6.20 Å². The second-order valence-electron chi connectivity index (χ2n) is 5.30. The van der Waals surface area contributed by atoms with Gasteiger partial charge in [0.25, 0.3) is 0 Å². The Morgan fingerprint density at radius 3 is 3.06 bits per heavy atom. The Hall–Kier alpha value is -1.49. The molecule has 1 spiro atoms. The molecule has 0 aromatic carbocycles. The fourth-order valence-corrected chi connectivity index (χ4v) is 2.92. The van der Waals surface area contributed by atoms with Gasteiger partial charge in [0.15, 0.2) is 0 Å². The minimum Gasteiger partial charge on any atom is -0.350 e. The van der Waals surface area contributed by atoms with Crippen molar-refractivity contribution in [2.45, 2.75) is 25.8 Å². The van der Waals surface area contributed by atoms with Crippen LogP contribution in [0.2, 0.25) is 0 Å². The van der Waals surface area contributed by atoms with Gasteiger partial charge in [-0.3, -0.25) is 4.79 Å². The molecule has 0 radical (unpaired) electrons. The van der Waals surface area contributed by atoms with Gasteiger partial charge in [-0.25, -0.2) is 0 Å². The maximum Gasteiger partial charge on any atom is 0.224 e. The number of aromatic nitrogens is 2. The lowest BCUT2D eigenvalue weighted by Gasteiger charge is -2.23. The molecular formula is C13H18N4O. The van der Waals surface area contributed by atoms with Crippen LogP contribution in [-0.2, 0) is 11.3 Å². The highest BCUT2D eigenvalue weighted by Gasteiger charge is 2.57. The minimum absolute atomic E-state index is 0.183. The molecule has 2 fully saturated rings. The zero-order valence-electron chi connectivity index (χ0n) is 10.4. The Labute approximate surface area is 106 Å². The summed E-state index contributed by atoms with van der Waals surface area (Å²) in [5.41, 5.74) is 1.11. The molecule has 1 saturated heterocycles. The van der Waals surface area contributed by atoms with Crippen LogP contribution in [0.4, 0.5) is 0 Å². The quantitative estimate of drug-likeness (QED) is 0.814. The number of carbonyl (C=O) groups is 1. The molecule has 18 heavy (non-hydrogen) atoms. The second-order valence-corrected chi connectivity index (χ2v) is 5.30. The van der Waals surface area contributed by atoms with Crippen LogP contribution in [0.1, 0.15) is 25.0 Å². The Bertz CT molecular complexity index is 428. The van der Waals surface area contributed by atoms with E-state index < -0.39 is 0 Å². The van der Waals surface area contributed by atoms with Crippen molar-refractivity contribution in [2.75, 3.05) is 13.1 Å². The first-order chi connectivity index (χ1) is 8.80. The van der Waals surface area contributed by atoms with Gasteiger partial charge in [-0.2, -0.15) is 10.2 Å². The SMILES string of the molecule is O=C(NCc1cccnn1)C1CC12CCNCC2. The molecule has 1 unspecified atom stereocenters. The number of nitrogens with one attached hydrogen (secondary N) is 2. The summed E-state index contributed by atoms with van der Waals surface area (Å²) in [6.07, 6.45) is 4.96. The molecule has 5 heteroatoms. The van der Waals surface area contributed by atoms with Crippen LogP contribution in [0.5, 0.6) is 0 Å².